The molecule has 1 fully saturated rings. The molecule has 1 aliphatic rings. The summed E-state index contributed by atoms with van der Waals surface area (Å²) in [5.74, 6) is -5.13. The van der Waals surface area contributed by atoms with Crippen LogP contribution >= 0.6 is 11.5 Å². The number of alkyl halides is 5. The fourth-order valence-electron chi connectivity index (χ4n) is 3.60. The van der Waals surface area contributed by atoms with Crippen LogP contribution in [0, 0.1) is 5.92 Å². The Labute approximate surface area is 191 Å². The average Bonchev–Trinajstić information content (AvgIpc) is 3.12. The van der Waals surface area contributed by atoms with Gasteiger partial charge in [-0.25, -0.2) is 13.8 Å². The minimum atomic E-state index is -4.71. The quantitative estimate of drug-likeness (QED) is 0.444. The number of carboxylic acids is 1. The van der Waals surface area contributed by atoms with Gasteiger partial charge in [0.1, 0.15) is 0 Å². The van der Waals surface area contributed by atoms with Crippen LogP contribution in [0.25, 0.3) is 0 Å². The molecule has 7 nitrogen and oxygen atoms in total. The molecule has 3 rings (SSSR count). The zero-order valence-electron chi connectivity index (χ0n) is 18.2. The highest BCUT2D eigenvalue weighted by Gasteiger charge is 2.48. The predicted octanol–water partition coefficient (Wildman–Crippen LogP) is 5.53. The molecule has 1 aliphatic carbocycles. The maximum atomic E-state index is 13.6. The number of hydrogen-bond acceptors (Lipinski definition) is 7. The van der Waals surface area contributed by atoms with E-state index in [0.717, 1.165) is 0 Å². The van der Waals surface area contributed by atoms with Crippen molar-refractivity contribution in [3.63, 3.8) is 0 Å². The number of nitrogens with one attached hydrogen (secondary N) is 1. The third-order valence-electron chi connectivity index (χ3n) is 5.20. The lowest BCUT2D eigenvalue weighted by Crippen LogP contribution is -2.52. The summed E-state index contributed by atoms with van der Waals surface area (Å²) in [5.41, 5.74) is 0.790. The molecule has 2 heterocycles. The van der Waals surface area contributed by atoms with E-state index in [4.69, 9.17) is 5.11 Å². The third kappa shape index (κ3) is 6.27. The van der Waals surface area contributed by atoms with Crippen molar-refractivity contribution in [1.82, 2.24) is 14.3 Å². The molecule has 0 amide bonds. The highest BCUT2D eigenvalue weighted by Crippen LogP contribution is 2.44. The number of anilines is 3. The number of hydrogen-bond donors (Lipinski definition) is 2. The summed E-state index contributed by atoms with van der Waals surface area (Å²) < 4.78 is 69.3. The monoisotopic (exact) mass is 493 g/mol. The Kier molecular flexibility index (Phi) is 7.10. The lowest BCUT2D eigenvalue weighted by molar-refractivity contribution is -0.144. The Morgan fingerprint density at radius 3 is 2.52 bits per heavy atom. The Balaban J connectivity index is 2.00. The molecular formula is C20H24F5N5O2S. The first-order valence-electron chi connectivity index (χ1n) is 10.3. The molecule has 33 heavy (non-hydrogen) atoms. The van der Waals surface area contributed by atoms with Crippen molar-refractivity contribution in [2.24, 2.45) is 5.92 Å². The predicted molar refractivity (Wildman–Crippen MR) is 113 cm³/mol. The first kappa shape index (κ1) is 25.1. The Morgan fingerprint density at radius 1 is 1.33 bits per heavy atom. The second kappa shape index (κ2) is 9.35. The number of carboxylic acid groups (broad SMARTS) is 1. The summed E-state index contributed by atoms with van der Waals surface area (Å²) in [6.45, 7) is 5.91. The van der Waals surface area contributed by atoms with Crippen LogP contribution < -0.4 is 10.2 Å². The van der Waals surface area contributed by atoms with Gasteiger partial charge in [0.2, 0.25) is 11.0 Å². The van der Waals surface area contributed by atoms with Crippen LogP contribution in [0.2, 0.25) is 0 Å². The second-order valence-corrected chi connectivity index (χ2v) is 9.40. The summed E-state index contributed by atoms with van der Waals surface area (Å²) in [5, 5.41) is 11.7. The molecule has 0 saturated heterocycles. The van der Waals surface area contributed by atoms with Crippen LogP contribution in [0.15, 0.2) is 12.3 Å². The van der Waals surface area contributed by atoms with Crippen molar-refractivity contribution in [1.29, 1.82) is 0 Å². The number of nitrogens with zero attached hydrogens (tertiary/aromatic N) is 4. The fraction of sp³-hybridized carbons (Fsp3) is 0.600. The molecular weight excluding hydrogens is 469 g/mol. The number of halogens is 5. The van der Waals surface area contributed by atoms with Crippen LogP contribution in [-0.4, -0.2) is 43.9 Å². The van der Waals surface area contributed by atoms with Gasteiger partial charge in [-0.05, 0) is 23.5 Å². The SMILES string of the molecule is CC(C)CN(c1ncc([C@H](C)CC(=O)O)cc1Nc1nc(C(F)(F)F)ns1)C1CC(F)(F)C1. The summed E-state index contributed by atoms with van der Waals surface area (Å²) >= 11 is 0.506. The third-order valence-corrected chi connectivity index (χ3v) is 5.83. The van der Waals surface area contributed by atoms with E-state index >= 15 is 0 Å². The maximum absolute atomic E-state index is 13.6. The first-order valence-corrected chi connectivity index (χ1v) is 11.1. The van der Waals surface area contributed by atoms with Crippen LogP contribution in [0.1, 0.15) is 57.3 Å². The van der Waals surface area contributed by atoms with Gasteiger partial charge in [0.25, 0.3) is 5.92 Å². The van der Waals surface area contributed by atoms with Crippen molar-refractivity contribution in [2.45, 2.75) is 64.1 Å². The van der Waals surface area contributed by atoms with Crippen molar-refractivity contribution in [2.75, 3.05) is 16.8 Å². The van der Waals surface area contributed by atoms with Gasteiger partial charge in [0.15, 0.2) is 5.82 Å². The van der Waals surface area contributed by atoms with Crippen LogP contribution in [0.5, 0.6) is 0 Å². The molecule has 13 heteroatoms. The molecule has 0 aliphatic heterocycles. The lowest BCUT2D eigenvalue weighted by atomic mass is 9.86. The number of aromatic nitrogens is 3. The Bertz CT molecular complexity index is 989. The summed E-state index contributed by atoms with van der Waals surface area (Å²) in [6.07, 6.45) is -4.12. The van der Waals surface area contributed by atoms with Gasteiger partial charge in [-0.3, -0.25) is 4.79 Å². The van der Waals surface area contributed by atoms with Crippen molar-refractivity contribution in [3.8, 4) is 0 Å². The van der Waals surface area contributed by atoms with Crippen molar-refractivity contribution < 1.29 is 31.9 Å². The summed E-state index contributed by atoms with van der Waals surface area (Å²) in [6, 6.07) is 1.09. The molecule has 1 atom stereocenters. The van der Waals surface area contributed by atoms with Gasteiger partial charge in [-0.2, -0.15) is 22.5 Å². The Hall–Kier alpha value is -2.57. The van der Waals surface area contributed by atoms with Crippen LogP contribution in [-0.2, 0) is 11.0 Å². The molecule has 1 saturated carbocycles. The van der Waals surface area contributed by atoms with E-state index in [1.54, 1.807) is 17.9 Å². The topological polar surface area (TPSA) is 91.2 Å². The van der Waals surface area contributed by atoms with Gasteiger partial charge in [-0.15, -0.1) is 0 Å². The van der Waals surface area contributed by atoms with Crippen molar-refractivity contribution in [3.05, 3.63) is 23.7 Å². The molecule has 0 aromatic carbocycles. The minimum absolute atomic E-state index is 0.0952. The molecule has 182 valence electrons. The Morgan fingerprint density at radius 2 is 2.00 bits per heavy atom. The molecule has 2 N–H and O–H groups in total. The minimum Gasteiger partial charge on any atom is -0.481 e. The number of pyridine rings is 1. The molecule has 0 radical (unpaired) electrons. The van der Waals surface area contributed by atoms with E-state index in [1.165, 1.54) is 6.20 Å². The van der Waals surface area contributed by atoms with Gasteiger partial charge in [0, 0.05) is 43.2 Å². The fourth-order valence-corrected chi connectivity index (χ4v) is 4.20. The van der Waals surface area contributed by atoms with Gasteiger partial charge in [0.05, 0.1) is 12.1 Å². The van der Waals surface area contributed by atoms with E-state index in [0.29, 0.717) is 29.5 Å². The molecule has 0 spiro atoms. The van der Waals surface area contributed by atoms with E-state index < -0.39 is 35.9 Å². The average molecular weight is 494 g/mol. The normalized spacial score (nSPS) is 17.0. The molecule has 2 aromatic rings. The molecule has 2 aromatic heterocycles. The lowest BCUT2D eigenvalue weighted by Gasteiger charge is -2.44. The molecule has 0 bridgehead atoms. The molecule has 0 unspecified atom stereocenters. The highest BCUT2D eigenvalue weighted by molar-refractivity contribution is 7.09. The zero-order valence-corrected chi connectivity index (χ0v) is 19.0. The van der Waals surface area contributed by atoms with Crippen LogP contribution in [0.4, 0.5) is 38.6 Å². The number of carbonyl (C=O) groups is 1. The number of aliphatic carboxylic acids is 1. The van der Waals surface area contributed by atoms with Gasteiger partial charge in [-0.1, -0.05) is 20.8 Å². The number of rotatable bonds is 9. The summed E-state index contributed by atoms with van der Waals surface area (Å²) in [4.78, 5) is 20.7. The largest absolute Gasteiger partial charge is 0.481 e. The summed E-state index contributed by atoms with van der Waals surface area (Å²) in [7, 11) is 0. The van der Waals surface area contributed by atoms with E-state index in [9.17, 15) is 26.7 Å². The van der Waals surface area contributed by atoms with E-state index in [2.05, 4.69) is 19.7 Å². The smallest absolute Gasteiger partial charge is 0.452 e. The highest BCUT2D eigenvalue weighted by atomic mass is 32.1. The van der Waals surface area contributed by atoms with Crippen molar-refractivity contribution >= 4 is 34.1 Å². The second-order valence-electron chi connectivity index (χ2n) is 8.65. The standard InChI is InChI=1S/C20H24F5N5O2S/c1-10(2)9-30(13-6-19(21,22)7-13)16-14(5-12(8-26-16)11(3)4-15(31)32)27-18-28-17(29-33-18)20(23,24)25/h5,8,10-11,13H,4,6-7,9H2,1-3H3,(H,31,32)(H,27,28,29)/t11-/m1/s1. The van der Waals surface area contributed by atoms with Crippen LogP contribution in [0.3, 0.4) is 0 Å². The van der Waals surface area contributed by atoms with Gasteiger partial charge < -0.3 is 15.3 Å². The van der Waals surface area contributed by atoms with Gasteiger partial charge >= 0.3 is 12.1 Å². The zero-order chi connectivity index (χ0) is 24.6. The first-order chi connectivity index (χ1) is 15.2. The maximum Gasteiger partial charge on any atom is 0.452 e. The van der Waals surface area contributed by atoms with E-state index in [1.807, 2.05) is 13.8 Å². The van der Waals surface area contributed by atoms with E-state index in [-0.39, 0.29) is 36.0 Å².